The molecule has 0 aliphatic carbocycles. The molecule has 24 heavy (non-hydrogen) atoms. The minimum Gasteiger partial charge on any atom is -0.493 e. The molecule has 2 rings (SSSR count). The van der Waals surface area contributed by atoms with Gasteiger partial charge in [-0.3, -0.25) is 9.52 Å². The molecule has 0 atom stereocenters. The average molecular weight is 355 g/mol. The minimum atomic E-state index is -3.45. The highest BCUT2D eigenvalue weighted by molar-refractivity contribution is 7.92. The molecular formula is C13H17N5O5S. The SMILES string of the molecule is COc1ccc(NC(=O)Cn2ncc(NS(C)(=O)=O)n2)cc1OC. The molecule has 0 saturated heterocycles. The molecule has 0 aliphatic rings. The summed E-state index contributed by atoms with van der Waals surface area (Å²) in [6, 6.07) is 4.94. The number of amides is 1. The van der Waals surface area contributed by atoms with Crippen LogP contribution in [0.25, 0.3) is 0 Å². The first-order chi connectivity index (χ1) is 11.3. The van der Waals surface area contributed by atoms with Crippen LogP contribution in [0.1, 0.15) is 0 Å². The molecule has 11 heteroatoms. The zero-order valence-corrected chi connectivity index (χ0v) is 14.1. The average Bonchev–Trinajstić information content (AvgIpc) is 2.91. The maximum absolute atomic E-state index is 12.0. The number of rotatable bonds is 7. The van der Waals surface area contributed by atoms with Crippen molar-refractivity contribution in [1.29, 1.82) is 0 Å². The monoisotopic (exact) mass is 355 g/mol. The third-order valence-corrected chi connectivity index (χ3v) is 3.36. The fourth-order valence-electron chi connectivity index (χ4n) is 1.85. The molecule has 0 aliphatic heterocycles. The normalized spacial score (nSPS) is 11.0. The molecule has 1 amide bonds. The molecule has 1 heterocycles. The molecule has 10 nitrogen and oxygen atoms in total. The van der Waals surface area contributed by atoms with Crippen molar-refractivity contribution in [1.82, 2.24) is 15.0 Å². The zero-order chi connectivity index (χ0) is 17.7. The number of nitrogens with zero attached hydrogens (tertiary/aromatic N) is 3. The summed E-state index contributed by atoms with van der Waals surface area (Å²) >= 11 is 0. The lowest BCUT2D eigenvalue weighted by atomic mass is 10.2. The minimum absolute atomic E-state index is 0.0383. The van der Waals surface area contributed by atoms with Gasteiger partial charge in [0.2, 0.25) is 15.9 Å². The van der Waals surface area contributed by atoms with Crippen molar-refractivity contribution < 1.29 is 22.7 Å². The first kappa shape index (κ1) is 17.5. The number of methoxy groups -OCH3 is 2. The molecule has 0 radical (unpaired) electrons. The Bertz CT molecular complexity index is 833. The Morgan fingerprint density at radius 1 is 1.25 bits per heavy atom. The Hall–Kier alpha value is -2.82. The quantitative estimate of drug-likeness (QED) is 0.732. The van der Waals surface area contributed by atoms with Gasteiger partial charge in [0.1, 0.15) is 6.54 Å². The molecule has 2 N–H and O–H groups in total. The van der Waals surface area contributed by atoms with Crippen LogP contribution in [0.5, 0.6) is 11.5 Å². The van der Waals surface area contributed by atoms with Crippen LogP contribution in [0, 0.1) is 0 Å². The highest BCUT2D eigenvalue weighted by atomic mass is 32.2. The van der Waals surface area contributed by atoms with E-state index in [1.165, 1.54) is 20.4 Å². The van der Waals surface area contributed by atoms with Gasteiger partial charge in [0.05, 0.1) is 26.7 Å². The van der Waals surface area contributed by atoms with Crippen LogP contribution in [0.4, 0.5) is 11.5 Å². The summed E-state index contributed by atoms with van der Waals surface area (Å²) in [6.07, 6.45) is 2.21. The van der Waals surface area contributed by atoms with E-state index in [9.17, 15) is 13.2 Å². The second-order valence-corrected chi connectivity index (χ2v) is 6.50. The second kappa shape index (κ2) is 7.17. The third kappa shape index (κ3) is 4.84. The number of carbonyl (C=O) groups excluding carboxylic acids is 1. The van der Waals surface area contributed by atoms with E-state index in [4.69, 9.17) is 9.47 Å². The van der Waals surface area contributed by atoms with Crippen LogP contribution in [-0.2, 0) is 21.4 Å². The van der Waals surface area contributed by atoms with Crippen molar-refractivity contribution in [3.63, 3.8) is 0 Å². The smallest absolute Gasteiger partial charge is 0.247 e. The Labute approximate surface area is 138 Å². The largest absolute Gasteiger partial charge is 0.493 e. The van der Waals surface area contributed by atoms with Crippen LogP contribution >= 0.6 is 0 Å². The lowest BCUT2D eigenvalue weighted by Crippen LogP contribution is -2.20. The standard InChI is InChI=1S/C13H17N5O5S/c1-22-10-5-4-9(6-11(10)23-2)15-13(19)8-18-14-7-12(16-18)17-24(3,20)21/h4-7H,8H2,1-3H3,(H,15,19)(H,16,17). The van der Waals surface area contributed by atoms with Gasteiger partial charge in [-0.2, -0.15) is 9.90 Å². The predicted octanol–water partition coefficient (Wildman–Crippen LogP) is 0.305. The summed E-state index contributed by atoms with van der Waals surface area (Å²) < 4.78 is 34.6. The van der Waals surface area contributed by atoms with Crippen LogP contribution in [0.2, 0.25) is 0 Å². The number of sulfonamides is 1. The van der Waals surface area contributed by atoms with Crippen molar-refractivity contribution in [2.45, 2.75) is 6.54 Å². The summed E-state index contributed by atoms with van der Waals surface area (Å²) in [6.45, 7) is -0.181. The molecule has 1 aromatic heterocycles. The number of ether oxygens (including phenoxy) is 2. The Balaban J connectivity index is 2.01. The van der Waals surface area contributed by atoms with Gasteiger partial charge in [0.25, 0.3) is 0 Å². The molecular weight excluding hydrogens is 338 g/mol. The lowest BCUT2D eigenvalue weighted by Gasteiger charge is -2.10. The van der Waals surface area contributed by atoms with E-state index < -0.39 is 10.0 Å². The highest BCUT2D eigenvalue weighted by Crippen LogP contribution is 2.29. The number of nitrogens with one attached hydrogen (secondary N) is 2. The first-order valence-corrected chi connectivity index (χ1v) is 8.59. The van der Waals surface area contributed by atoms with Gasteiger partial charge in [-0.15, -0.1) is 5.10 Å². The van der Waals surface area contributed by atoms with Crippen molar-refractivity contribution in [3.05, 3.63) is 24.4 Å². The molecule has 0 fully saturated rings. The van der Waals surface area contributed by atoms with Crippen LogP contribution in [0.15, 0.2) is 24.4 Å². The summed E-state index contributed by atoms with van der Waals surface area (Å²) in [5.74, 6) is 0.674. The van der Waals surface area contributed by atoms with E-state index in [0.29, 0.717) is 17.2 Å². The van der Waals surface area contributed by atoms with E-state index in [1.54, 1.807) is 18.2 Å². The Kier molecular flexibility index (Phi) is 5.24. The van der Waals surface area contributed by atoms with Crippen LogP contribution in [0.3, 0.4) is 0 Å². The van der Waals surface area contributed by atoms with Gasteiger partial charge >= 0.3 is 0 Å². The van der Waals surface area contributed by atoms with Crippen LogP contribution in [-0.4, -0.2) is 49.8 Å². The number of anilines is 2. The number of carbonyl (C=O) groups is 1. The number of hydrogen-bond acceptors (Lipinski definition) is 7. The second-order valence-electron chi connectivity index (χ2n) is 4.75. The Morgan fingerprint density at radius 2 is 1.96 bits per heavy atom. The molecule has 0 bridgehead atoms. The van der Waals surface area contributed by atoms with E-state index in [-0.39, 0.29) is 18.3 Å². The zero-order valence-electron chi connectivity index (χ0n) is 13.3. The summed E-state index contributed by atoms with van der Waals surface area (Å²) in [5.41, 5.74) is 0.513. The lowest BCUT2D eigenvalue weighted by molar-refractivity contribution is -0.117. The maximum atomic E-state index is 12.0. The third-order valence-electron chi connectivity index (χ3n) is 2.78. The number of hydrogen-bond donors (Lipinski definition) is 2. The van der Waals surface area contributed by atoms with Gasteiger partial charge in [-0.1, -0.05) is 0 Å². The van der Waals surface area contributed by atoms with E-state index in [1.807, 2.05) is 0 Å². The molecule has 130 valence electrons. The highest BCUT2D eigenvalue weighted by Gasteiger charge is 2.11. The first-order valence-electron chi connectivity index (χ1n) is 6.70. The van der Waals surface area contributed by atoms with E-state index in [2.05, 4.69) is 20.2 Å². The van der Waals surface area contributed by atoms with Gasteiger partial charge in [-0.25, -0.2) is 8.42 Å². The van der Waals surface area contributed by atoms with Gasteiger partial charge in [0.15, 0.2) is 17.3 Å². The summed E-state index contributed by atoms with van der Waals surface area (Å²) in [5, 5.41) is 10.3. The maximum Gasteiger partial charge on any atom is 0.247 e. The van der Waals surface area contributed by atoms with Crippen molar-refractivity contribution in [3.8, 4) is 11.5 Å². The Morgan fingerprint density at radius 3 is 2.58 bits per heavy atom. The molecule has 0 spiro atoms. The van der Waals surface area contributed by atoms with Gasteiger partial charge in [0, 0.05) is 11.8 Å². The summed E-state index contributed by atoms with van der Waals surface area (Å²) in [4.78, 5) is 13.1. The molecule has 1 aromatic carbocycles. The van der Waals surface area contributed by atoms with Crippen molar-refractivity contribution >= 4 is 27.4 Å². The van der Waals surface area contributed by atoms with E-state index >= 15 is 0 Å². The molecule has 2 aromatic rings. The van der Waals surface area contributed by atoms with Crippen molar-refractivity contribution in [2.24, 2.45) is 0 Å². The predicted molar refractivity (Wildman–Crippen MR) is 86.7 cm³/mol. The van der Waals surface area contributed by atoms with Crippen molar-refractivity contribution in [2.75, 3.05) is 30.5 Å². The van der Waals surface area contributed by atoms with Gasteiger partial charge < -0.3 is 14.8 Å². The number of aromatic nitrogens is 3. The van der Waals surface area contributed by atoms with Crippen LogP contribution < -0.4 is 19.5 Å². The fraction of sp³-hybridized carbons (Fsp3) is 0.308. The molecule has 0 unspecified atom stereocenters. The summed E-state index contributed by atoms with van der Waals surface area (Å²) in [7, 11) is -0.438. The number of benzene rings is 1. The fourth-order valence-corrected chi connectivity index (χ4v) is 2.33. The molecule has 0 saturated carbocycles. The topological polar surface area (TPSA) is 124 Å². The van der Waals surface area contributed by atoms with E-state index in [0.717, 1.165) is 11.1 Å². The van der Waals surface area contributed by atoms with Gasteiger partial charge in [-0.05, 0) is 12.1 Å².